The predicted octanol–water partition coefficient (Wildman–Crippen LogP) is 2.17. The van der Waals surface area contributed by atoms with Crippen LogP contribution in [0.25, 0.3) is 0 Å². The van der Waals surface area contributed by atoms with Crippen LogP contribution in [0.1, 0.15) is 24.8 Å². The lowest BCUT2D eigenvalue weighted by atomic mass is 9.90. The lowest BCUT2D eigenvalue weighted by Crippen LogP contribution is -2.48. The number of methoxy groups -OCH3 is 1. The molecule has 1 heterocycles. The third-order valence-corrected chi connectivity index (χ3v) is 3.90. The highest BCUT2D eigenvalue weighted by atomic mass is 16.5. The van der Waals surface area contributed by atoms with Gasteiger partial charge in [0, 0.05) is 18.6 Å². The summed E-state index contributed by atoms with van der Waals surface area (Å²) in [6.45, 7) is 1.00. The van der Waals surface area contributed by atoms with Crippen molar-refractivity contribution in [3.63, 3.8) is 0 Å². The number of hydrogen-bond acceptors (Lipinski definition) is 3. The van der Waals surface area contributed by atoms with Gasteiger partial charge in [-0.1, -0.05) is 18.6 Å². The van der Waals surface area contributed by atoms with Gasteiger partial charge in [-0.3, -0.25) is 0 Å². The fraction of sp³-hybridized carbons (Fsp3) is 0.571. The van der Waals surface area contributed by atoms with E-state index in [1.54, 1.807) is 7.11 Å². The van der Waals surface area contributed by atoms with Crippen LogP contribution >= 0.6 is 0 Å². The van der Waals surface area contributed by atoms with Gasteiger partial charge < -0.3 is 15.4 Å². The first-order valence-electron chi connectivity index (χ1n) is 6.52. The molecule has 1 fully saturated rings. The molecule has 3 nitrogen and oxygen atoms in total. The number of nitrogens with one attached hydrogen (secondary N) is 2. The molecular weight excluding hydrogens is 212 g/mol. The molecule has 1 aliphatic heterocycles. The molecular formula is C14H20N2O. The zero-order valence-electron chi connectivity index (χ0n) is 10.3. The lowest BCUT2D eigenvalue weighted by Gasteiger charge is -2.35. The highest BCUT2D eigenvalue weighted by Crippen LogP contribution is 2.32. The minimum atomic E-state index is 0.569. The minimum Gasteiger partial charge on any atom is -0.495 e. The van der Waals surface area contributed by atoms with Gasteiger partial charge in [0.15, 0.2) is 0 Å². The molecule has 3 heteroatoms. The van der Waals surface area contributed by atoms with Crippen molar-refractivity contribution in [2.75, 3.05) is 19.0 Å². The Labute approximate surface area is 103 Å². The molecule has 1 saturated carbocycles. The third kappa shape index (κ3) is 2.12. The zero-order valence-corrected chi connectivity index (χ0v) is 10.3. The normalized spacial score (nSPS) is 23.5. The summed E-state index contributed by atoms with van der Waals surface area (Å²) in [4.78, 5) is 0. The van der Waals surface area contributed by atoms with E-state index >= 15 is 0 Å². The number of rotatable bonds is 3. The Morgan fingerprint density at radius 1 is 1.29 bits per heavy atom. The van der Waals surface area contributed by atoms with Crippen molar-refractivity contribution in [3.05, 3.63) is 23.8 Å². The van der Waals surface area contributed by atoms with Gasteiger partial charge in [0.2, 0.25) is 0 Å². The summed E-state index contributed by atoms with van der Waals surface area (Å²) in [6.07, 6.45) is 5.20. The van der Waals surface area contributed by atoms with Gasteiger partial charge in [-0.25, -0.2) is 0 Å². The van der Waals surface area contributed by atoms with E-state index in [9.17, 15) is 0 Å². The van der Waals surface area contributed by atoms with Crippen molar-refractivity contribution >= 4 is 5.69 Å². The second-order valence-corrected chi connectivity index (χ2v) is 5.07. The van der Waals surface area contributed by atoms with Crippen LogP contribution < -0.4 is 15.4 Å². The van der Waals surface area contributed by atoms with Crippen LogP contribution in [0.2, 0.25) is 0 Å². The largest absolute Gasteiger partial charge is 0.495 e. The van der Waals surface area contributed by atoms with Gasteiger partial charge in [-0.15, -0.1) is 0 Å². The highest BCUT2D eigenvalue weighted by molar-refractivity contribution is 5.63. The molecule has 1 unspecified atom stereocenters. The SMILES string of the molecule is COc1cccc2c1NCC(NC1CCC1)C2. The average molecular weight is 232 g/mol. The summed E-state index contributed by atoms with van der Waals surface area (Å²) >= 11 is 0. The Morgan fingerprint density at radius 3 is 2.88 bits per heavy atom. The summed E-state index contributed by atoms with van der Waals surface area (Å²) in [5, 5.41) is 7.23. The maximum absolute atomic E-state index is 5.38. The maximum Gasteiger partial charge on any atom is 0.142 e. The van der Waals surface area contributed by atoms with Crippen LogP contribution in [0.4, 0.5) is 5.69 Å². The second kappa shape index (κ2) is 4.57. The number of fused-ring (bicyclic) bond motifs is 1. The zero-order chi connectivity index (χ0) is 11.7. The van der Waals surface area contributed by atoms with Gasteiger partial charge in [0.05, 0.1) is 12.8 Å². The summed E-state index contributed by atoms with van der Waals surface area (Å²) in [5.41, 5.74) is 2.55. The maximum atomic E-state index is 5.38. The van der Waals surface area contributed by atoms with Crippen LogP contribution in [0.15, 0.2) is 18.2 Å². The molecule has 2 aliphatic rings. The molecule has 2 N–H and O–H groups in total. The summed E-state index contributed by atoms with van der Waals surface area (Å²) in [7, 11) is 1.73. The summed E-state index contributed by atoms with van der Waals surface area (Å²) in [5.74, 6) is 0.963. The number of anilines is 1. The fourth-order valence-electron chi connectivity index (χ4n) is 2.71. The molecule has 0 saturated heterocycles. The van der Waals surface area contributed by atoms with Crippen LogP contribution in [-0.4, -0.2) is 25.7 Å². The summed E-state index contributed by atoms with van der Waals surface area (Å²) < 4.78 is 5.38. The molecule has 0 aromatic heterocycles. The molecule has 1 aromatic carbocycles. The Hall–Kier alpha value is -1.22. The Kier molecular flexibility index (Phi) is 2.93. The van der Waals surface area contributed by atoms with E-state index in [-0.39, 0.29) is 0 Å². The van der Waals surface area contributed by atoms with Crippen molar-refractivity contribution in [1.82, 2.24) is 5.32 Å². The second-order valence-electron chi connectivity index (χ2n) is 5.07. The third-order valence-electron chi connectivity index (χ3n) is 3.90. The van der Waals surface area contributed by atoms with Gasteiger partial charge in [-0.2, -0.15) is 0 Å². The molecule has 1 aromatic rings. The fourth-order valence-corrected chi connectivity index (χ4v) is 2.71. The predicted molar refractivity (Wildman–Crippen MR) is 69.8 cm³/mol. The van der Waals surface area contributed by atoms with Crippen LogP contribution in [0.3, 0.4) is 0 Å². The summed E-state index contributed by atoms with van der Waals surface area (Å²) in [6, 6.07) is 7.62. The van der Waals surface area contributed by atoms with Crippen molar-refractivity contribution in [2.45, 2.75) is 37.8 Å². The lowest BCUT2D eigenvalue weighted by molar-refractivity contribution is 0.304. The van der Waals surface area contributed by atoms with E-state index in [1.807, 2.05) is 6.07 Å². The Bertz CT molecular complexity index is 401. The standard InChI is InChI=1S/C14H20N2O/c1-17-13-7-2-4-10-8-12(9-15-14(10)13)16-11-5-3-6-11/h2,4,7,11-12,15-16H,3,5-6,8-9H2,1H3. The molecule has 0 radical (unpaired) electrons. The number of ether oxygens (including phenoxy) is 1. The van der Waals surface area contributed by atoms with Crippen molar-refractivity contribution in [3.8, 4) is 5.75 Å². The van der Waals surface area contributed by atoms with E-state index in [0.29, 0.717) is 6.04 Å². The first-order valence-corrected chi connectivity index (χ1v) is 6.52. The van der Waals surface area contributed by atoms with Crippen molar-refractivity contribution < 1.29 is 4.74 Å². The first kappa shape index (κ1) is 10.9. The molecule has 0 amide bonds. The minimum absolute atomic E-state index is 0.569. The van der Waals surface area contributed by atoms with Gasteiger partial charge >= 0.3 is 0 Å². The van der Waals surface area contributed by atoms with Crippen LogP contribution in [0.5, 0.6) is 5.75 Å². The highest BCUT2D eigenvalue weighted by Gasteiger charge is 2.25. The molecule has 1 atom stereocenters. The van der Waals surface area contributed by atoms with Crippen molar-refractivity contribution in [2.24, 2.45) is 0 Å². The number of benzene rings is 1. The number of hydrogen-bond donors (Lipinski definition) is 2. The topological polar surface area (TPSA) is 33.3 Å². The molecule has 92 valence electrons. The van der Waals surface area contributed by atoms with Gasteiger partial charge in [-0.05, 0) is 30.9 Å². The van der Waals surface area contributed by atoms with E-state index < -0.39 is 0 Å². The Balaban J connectivity index is 1.71. The van der Waals surface area contributed by atoms with E-state index in [2.05, 4.69) is 22.8 Å². The van der Waals surface area contributed by atoms with Crippen molar-refractivity contribution in [1.29, 1.82) is 0 Å². The monoisotopic (exact) mass is 232 g/mol. The Morgan fingerprint density at radius 2 is 2.18 bits per heavy atom. The average Bonchev–Trinajstić information content (AvgIpc) is 2.32. The molecule has 17 heavy (non-hydrogen) atoms. The van der Waals surface area contributed by atoms with Crippen LogP contribution in [0, 0.1) is 0 Å². The van der Waals surface area contributed by atoms with E-state index in [0.717, 1.165) is 24.8 Å². The molecule has 0 spiro atoms. The molecule has 1 aliphatic carbocycles. The van der Waals surface area contributed by atoms with E-state index in [4.69, 9.17) is 4.74 Å². The van der Waals surface area contributed by atoms with Crippen LogP contribution in [-0.2, 0) is 6.42 Å². The number of para-hydroxylation sites is 1. The van der Waals surface area contributed by atoms with Gasteiger partial charge in [0.1, 0.15) is 5.75 Å². The quantitative estimate of drug-likeness (QED) is 0.838. The smallest absolute Gasteiger partial charge is 0.142 e. The first-order chi connectivity index (χ1) is 8.36. The van der Waals surface area contributed by atoms with E-state index in [1.165, 1.54) is 30.5 Å². The van der Waals surface area contributed by atoms with Gasteiger partial charge in [0.25, 0.3) is 0 Å². The molecule has 3 rings (SSSR count). The molecule has 0 bridgehead atoms.